The zero-order valence-electron chi connectivity index (χ0n) is 15.0. The van der Waals surface area contributed by atoms with Crippen LogP contribution in [0.3, 0.4) is 0 Å². The molecule has 2 aliphatic rings. The van der Waals surface area contributed by atoms with Gasteiger partial charge in [0, 0.05) is 31.4 Å². The highest BCUT2D eigenvalue weighted by atomic mass is 19.3. The maximum Gasteiger partial charge on any atom is 0.586 e. The third-order valence-corrected chi connectivity index (χ3v) is 5.18. The first kappa shape index (κ1) is 17.3. The molecule has 11 heteroatoms. The quantitative estimate of drug-likeness (QED) is 0.725. The highest BCUT2D eigenvalue weighted by molar-refractivity contribution is 5.97. The predicted molar refractivity (Wildman–Crippen MR) is 93.2 cm³/mol. The molecule has 1 fully saturated rings. The average molecular weight is 394 g/mol. The maximum atomic E-state index is 14.0. The summed E-state index contributed by atoms with van der Waals surface area (Å²) < 4.78 is 51.2. The van der Waals surface area contributed by atoms with E-state index in [4.69, 9.17) is 5.73 Å². The Kier molecular flexibility index (Phi) is 3.46. The predicted octanol–water partition coefficient (Wildman–Crippen LogP) is 2.16. The fourth-order valence-electron chi connectivity index (χ4n) is 3.64. The Bertz CT molecular complexity index is 1100. The second-order valence-corrected chi connectivity index (χ2v) is 7.16. The lowest BCUT2D eigenvalue weighted by Gasteiger charge is -2.44. The van der Waals surface area contributed by atoms with Crippen molar-refractivity contribution in [2.75, 3.05) is 25.4 Å². The van der Waals surface area contributed by atoms with Crippen molar-refractivity contribution in [2.24, 2.45) is 0 Å². The number of nitrogens with zero attached hydrogens (tertiary/aromatic N) is 5. The number of rotatable bonds is 4. The third kappa shape index (κ3) is 2.60. The molecular weight excluding hydrogens is 377 g/mol. The Labute approximate surface area is 157 Å². The van der Waals surface area contributed by atoms with E-state index in [0.717, 1.165) is 0 Å². The van der Waals surface area contributed by atoms with Crippen LogP contribution in [0.15, 0.2) is 12.1 Å². The van der Waals surface area contributed by atoms with Crippen LogP contribution in [0.5, 0.6) is 11.5 Å². The van der Waals surface area contributed by atoms with Crippen molar-refractivity contribution in [3.05, 3.63) is 18.0 Å². The van der Waals surface area contributed by atoms with E-state index in [-0.39, 0.29) is 23.0 Å². The van der Waals surface area contributed by atoms with Gasteiger partial charge in [0.1, 0.15) is 11.2 Å². The topological polar surface area (TPSA) is 90.8 Å². The fraction of sp³-hybridized carbons (Fsp3) is 0.471. The van der Waals surface area contributed by atoms with Gasteiger partial charge in [-0.2, -0.15) is 4.52 Å². The summed E-state index contributed by atoms with van der Waals surface area (Å²) in [5, 5.41) is 4.81. The molecule has 0 bridgehead atoms. The Morgan fingerprint density at radius 1 is 1.18 bits per heavy atom. The van der Waals surface area contributed by atoms with Crippen LogP contribution in [-0.2, 0) is 6.42 Å². The summed E-state index contributed by atoms with van der Waals surface area (Å²) in [6, 6.07) is 2.93. The number of aromatic nitrogens is 4. The number of fused-ring (bicyclic) bond motifs is 5. The summed E-state index contributed by atoms with van der Waals surface area (Å²) in [4.78, 5) is 10.6. The molecule has 5 rings (SSSR count). The lowest BCUT2D eigenvalue weighted by Crippen LogP contribution is -2.58. The molecule has 2 aliphatic heterocycles. The number of nitrogens with two attached hydrogens (primary N) is 1. The first-order valence-corrected chi connectivity index (χ1v) is 8.92. The van der Waals surface area contributed by atoms with Crippen molar-refractivity contribution in [1.29, 1.82) is 0 Å². The molecular formula is C17H17F3N6O2. The second-order valence-electron chi connectivity index (χ2n) is 7.16. The minimum Gasteiger partial charge on any atom is -0.395 e. The van der Waals surface area contributed by atoms with E-state index in [0.29, 0.717) is 49.3 Å². The number of hydrogen-bond acceptors (Lipinski definition) is 7. The summed E-state index contributed by atoms with van der Waals surface area (Å²) in [5.74, 6) is 0.209. The Balaban J connectivity index is 1.47. The monoisotopic (exact) mass is 394 g/mol. The first-order valence-electron chi connectivity index (χ1n) is 8.92. The van der Waals surface area contributed by atoms with Gasteiger partial charge in [-0.15, -0.1) is 13.9 Å². The molecule has 28 heavy (non-hydrogen) atoms. The summed E-state index contributed by atoms with van der Waals surface area (Å²) >= 11 is 0. The molecule has 1 saturated heterocycles. The number of nitrogen functional groups attached to an aromatic ring is 1. The molecule has 0 radical (unpaired) electrons. The van der Waals surface area contributed by atoms with Crippen molar-refractivity contribution < 1.29 is 22.6 Å². The van der Waals surface area contributed by atoms with Crippen LogP contribution < -0.4 is 15.2 Å². The van der Waals surface area contributed by atoms with E-state index in [1.165, 1.54) is 10.6 Å². The van der Waals surface area contributed by atoms with Crippen molar-refractivity contribution in [1.82, 2.24) is 24.5 Å². The van der Waals surface area contributed by atoms with Crippen LogP contribution >= 0.6 is 0 Å². The number of likely N-dealkylation sites (tertiary alicyclic amines) is 1. The molecule has 8 nitrogen and oxygen atoms in total. The Hall–Kier alpha value is -2.82. The molecule has 0 saturated carbocycles. The third-order valence-electron chi connectivity index (χ3n) is 5.18. The van der Waals surface area contributed by atoms with Gasteiger partial charge >= 0.3 is 6.29 Å². The van der Waals surface area contributed by atoms with Gasteiger partial charge in [0.15, 0.2) is 23.0 Å². The van der Waals surface area contributed by atoms with Gasteiger partial charge in [0.05, 0.1) is 0 Å². The lowest BCUT2D eigenvalue weighted by molar-refractivity contribution is -0.286. The normalized spacial score (nSPS) is 20.0. The molecule has 0 unspecified atom stereocenters. The molecule has 0 aliphatic carbocycles. The van der Waals surface area contributed by atoms with Gasteiger partial charge in [-0.1, -0.05) is 6.92 Å². The minimum absolute atomic E-state index is 0.00817. The zero-order valence-corrected chi connectivity index (χ0v) is 15.0. The van der Waals surface area contributed by atoms with Crippen molar-refractivity contribution >= 4 is 22.5 Å². The van der Waals surface area contributed by atoms with Crippen molar-refractivity contribution in [2.45, 2.75) is 31.7 Å². The van der Waals surface area contributed by atoms with E-state index in [1.807, 2.05) is 11.8 Å². The standard InChI is InChI=1S/C17H17F3N6O2/c1-2-16(18)7-25(8-16)6-5-11-22-14-9-3-4-10-13(28-17(19,20)27-10)12(9)23-15(21)26(14)24-11/h3-4H,2,5-8H2,1H3,(H2,21,23). The summed E-state index contributed by atoms with van der Waals surface area (Å²) in [7, 11) is 0. The second kappa shape index (κ2) is 5.60. The molecule has 2 N–H and O–H groups in total. The van der Waals surface area contributed by atoms with Gasteiger partial charge < -0.3 is 15.2 Å². The number of hydrogen-bond donors (Lipinski definition) is 1. The van der Waals surface area contributed by atoms with Crippen LogP contribution in [0.1, 0.15) is 19.2 Å². The molecule has 4 heterocycles. The molecule has 0 amide bonds. The average Bonchev–Trinajstić information content (AvgIpc) is 3.18. The number of anilines is 1. The smallest absolute Gasteiger partial charge is 0.395 e. The van der Waals surface area contributed by atoms with Gasteiger partial charge in [0.2, 0.25) is 5.95 Å². The maximum absolute atomic E-state index is 14.0. The minimum atomic E-state index is -3.75. The molecule has 1 aromatic carbocycles. The Morgan fingerprint density at radius 2 is 1.96 bits per heavy atom. The summed E-state index contributed by atoms with van der Waals surface area (Å²) in [6.45, 7) is 3.26. The van der Waals surface area contributed by atoms with Crippen molar-refractivity contribution in [3.63, 3.8) is 0 Å². The number of alkyl halides is 3. The van der Waals surface area contributed by atoms with E-state index in [9.17, 15) is 13.2 Å². The van der Waals surface area contributed by atoms with Crippen LogP contribution in [0.25, 0.3) is 16.6 Å². The summed E-state index contributed by atoms with van der Waals surface area (Å²) in [5.41, 5.74) is 5.37. The van der Waals surface area contributed by atoms with Crippen LogP contribution in [0.4, 0.5) is 19.1 Å². The molecule has 0 atom stereocenters. The van der Waals surface area contributed by atoms with E-state index < -0.39 is 12.0 Å². The Morgan fingerprint density at radius 3 is 2.71 bits per heavy atom. The van der Waals surface area contributed by atoms with E-state index in [2.05, 4.69) is 24.5 Å². The fourth-order valence-corrected chi connectivity index (χ4v) is 3.64. The van der Waals surface area contributed by atoms with Crippen LogP contribution in [-0.4, -0.2) is 56.1 Å². The van der Waals surface area contributed by atoms with E-state index in [1.54, 1.807) is 6.07 Å². The van der Waals surface area contributed by atoms with Crippen molar-refractivity contribution in [3.8, 4) is 11.5 Å². The lowest BCUT2D eigenvalue weighted by atomic mass is 9.93. The van der Waals surface area contributed by atoms with E-state index >= 15 is 0 Å². The summed E-state index contributed by atoms with van der Waals surface area (Å²) in [6.07, 6.45) is -2.75. The highest BCUT2D eigenvalue weighted by Gasteiger charge is 2.45. The van der Waals surface area contributed by atoms with Crippen LogP contribution in [0, 0.1) is 0 Å². The van der Waals surface area contributed by atoms with Gasteiger partial charge in [0.25, 0.3) is 0 Å². The number of ether oxygens (including phenoxy) is 2. The zero-order chi connectivity index (χ0) is 19.7. The van der Waals surface area contributed by atoms with Gasteiger partial charge in [-0.25, -0.2) is 14.4 Å². The highest BCUT2D eigenvalue weighted by Crippen LogP contribution is 2.45. The SMILES string of the molecule is CCC1(F)CN(CCc2nc3c4ccc5c(c4nc(N)n3n2)OC(F)(F)O5)C1. The van der Waals surface area contributed by atoms with Gasteiger partial charge in [-0.3, -0.25) is 4.90 Å². The molecule has 148 valence electrons. The van der Waals surface area contributed by atoms with Crippen LogP contribution in [0.2, 0.25) is 0 Å². The number of benzene rings is 1. The van der Waals surface area contributed by atoms with Gasteiger partial charge in [-0.05, 0) is 18.6 Å². The molecule has 2 aromatic heterocycles. The number of halogens is 3. The molecule has 0 spiro atoms. The first-order chi connectivity index (χ1) is 13.3. The largest absolute Gasteiger partial charge is 0.586 e. The molecule has 3 aromatic rings.